The van der Waals surface area contributed by atoms with E-state index in [1.54, 1.807) is 17.9 Å². The quantitative estimate of drug-likeness (QED) is 0.340. The average Bonchev–Trinajstić information content (AvgIpc) is 2.81. The molecule has 1 fully saturated rings. The average molecular weight is 367 g/mol. The fourth-order valence-electron chi connectivity index (χ4n) is 2.63. The summed E-state index contributed by atoms with van der Waals surface area (Å²) in [4.78, 5) is 0. The van der Waals surface area contributed by atoms with Crippen LogP contribution < -0.4 is 4.74 Å². The van der Waals surface area contributed by atoms with Gasteiger partial charge in [0.25, 0.3) is 0 Å². The molecule has 4 heteroatoms. The molecule has 1 aliphatic heterocycles. The normalized spacial score (nSPS) is 17.9. The molecule has 0 saturated carbocycles. The van der Waals surface area contributed by atoms with E-state index in [4.69, 9.17) is 17.0 Å². The van der Waals surface area contributed by atoms with E-state index >= 15 is 0 Å². The van der Waals surface area contributed by atoms with Crippen molar-refractivity contribution >= 4 is 44.1 Å². The molecule has 0 radical (unpaired) electrons. The summed E-state index contributed by atoms with van der Waals surface area (Å²) in [6.07, 6.45) is 2.25. The van der Waals surface area contributed by atoms with Gasteiger partial charge in [0.05, 0.1) is 11.3 Å². The molecular formula is C19H26OS3. The topological polar surface area (TPSA) is 9.23 Å². The molecule has 1 heterocycles. The number of hydrogen-bond acceptors (Lipinski definition) is 4. The first-order valence-corrected chi connectivity index (χ1v) is 10.5. The smallest absolute Gasteiger partial charge is 0.126 e. The lowest BCUT2D eigenvalue weighted by atomic mass is 9.78. The maximum atomic E-state index is 5.82. The maximum absolute atomic E-state index is 5.82. The highest BCUT2D eigenvalue weighted by atomic mass is 33.1. The predicted molar refractivity (Wildman–Crippen MR) is 111 cm³/mol. The molecule has 1 saturated heterocycles. The minimum Gasteiger partial charge on any atom is -0.496 e. The van der Waals surface area contributed by atoms with Crippen LogP contribution in [0.15, 0.2) is 17.7 Å². The van der Waals surface area contributed by atoms with Crippen molar-refractivity contribution in [1.82, 2.24) is 0 Å². The van der Waals surface area contributed by atoms with Gasteiger partial charge in [-0.3, -0.25) is 0 Å². The van der Waals surface area contributed by atoms with Crippen LogP contribution in [-0.4, -0.2) is 17.1 Å². The van der Waals surface area contributed by atoms with Crippen LogP contribution in [0.5, 0.6) is 5.75 Å². The van der Waals surface area contributed by atoms with Crippen molar-refractivity contribution in [3.8, 4) is 5.75 Å². The molecule has 1 aromatic rings. The van der Waals surface area contributed by atoms with Crippen LogP contribution in [-0.2, 0) is 10.8 Å². The van der Waals surface area contributed by atoms with Gasteiger partial charge in [0, 0.05) is 16.9 Å². The third kappa shape index (κ3) is 4.34. The van der Waals surface area contributed by atoms with Crippen molar-refractivity contribution in [3.05, 3.63) is 34.4 Å². The zero-order chi connectivity index (χ0) is 17.4. The molecule has 1 aliphatic rings. The first-order valence-electron chi connectivity index (χ1n) is 7.81. The minimum absolute atomic E-state index is 0.0273. The van der Waals surface area contributed by atoms with Gasteiger partial charge in [0.15, 0.2) is 0 Å². The van der Waals surface area contributed by atoms with Gasteiger partial charge in [-0.05, 0) is 51.0 Å². The second-order valence-electron chi connectivity index (χ2n) is 7.95. The lowest BCUT2D eigenvalue weighted by Gasteiger charge is -2.29. The highest BCUT2D eigenvalue weighted by molar-refractivity contribution is 8.84. The van der Waals surface area contributed by atoms with E-state index in [1.165, 1.54) is 22.3 Å². The van der Waals surface area contributed by atoms with Crippen LogP contribution in [0.1, 0.15) is 58.2 Å². The first kappa shape index (κ1) is 18.9. The molecule has 0 bridgehead atoms. The zero-order valence-corrected chi connectivity index (χ0v) is 17.5. The lowest BCUT2D eigenvalue weighted by Crippen LogP contribution is -2.19. The number of ether oxygens (including phenoxy) is 1. The SMILES string of the molecule is COc1c(C(C)(C)C)cc(/C=C2\CSSC2=S)cc1C(C)(C)C. The molecule has 0 aromatic heterocycles. The number of thiocarbonyl (C=S) groups is 1. The molecule has 0 amide bonds. The van der Waals surface area contributed by atoms with Crippen LogP contribution in [0.3, 0.4) is 0 Å². The van der Waals surface area contributed by atoms with Crippen molar-refractivity contribution in [2.24, 2.45) is 0 Å². The van der Waals surface area contributed by atoms with E-state index in [2.05, 4.69) is 59.8 Å². The Kier molecular flexibility index (Phi) is 5.59. The lowest BCUT2D eigenvalue weighted by molar-refractivity contribution is 0.381. The predicted octanol–water partition coefficient (Wildman–Crippen LogP) is 6.40. The first-order chi connectivity index (χ1) is 10.5. The highest BCUT2D eigenvalue weighted by Gasteiger charge is 2.27. The Morgan fingerprint density at radius 2 is 1.57 bits per heavy atom. The van der Waals surface area contributed by atoms with E-state index < -0.39 is 0 Å². The van der Waals surface area contributed by atoms with Crippen LogP contribution in [0.2, 0.25) is 0 Å². The third-order valence-corrected chi connectivity index (χ3v) is 6.88. The van der Waals surface area contributed by atoms with E-state index in [0.29, 0.717) is 0 Å². The Bertz CT molecular complexity index is 611. The minimum atomic E-state index is 0.0273. The van der Waals surface area contributed by atoms with Gasteiger partial charge in [0.2, 0.25) is 0 Å². The van der Waals surface area contributed by atoms with Crippen LogP contribution >= 0.6 is 33.8 Å². The fraction of sp³-hybridized carbons (Fsp3) is 0.526. The highest BCUT2D eigenvalue weighted by Crippen LogP contribution is 2.42. The van der Waals surface area contributed by atoms with Gasteiger partial charge in [-0.25, -0.2) is 0 Å². The molecule has 0 unspecified atom stereocenters. The molecule has 2 rings (SSSR count). The number of methoxy groups -OCH3 is 1. The summed E-state index contributed by atoms with van der Waals surface area (Å²) < 4.78 is 6.84. The van der Waals surface area contributed by atoms with E-state index in [-0.39, 0.29) is 10.8 Å². The fourth-order valence-corrected chi connectivity index (χ4v) is 5.33. The largest absolute Gasteiger partial charge is 0.496 e. The van der Waals surface area contributed by atoms with Gasteiger partial charge in [-0.15, -0.1) is 0 Å². The Hall–Kier alpha value is -0.450. The molecule has 0 spiro atoms. The summed E-state index contributed by atoms with van der Waals surface area (Å²) in [6.45, 7) is 13.4. The second kappa shape index (κ2) is 6.81. The van der Waals surface area contributed by atoms with Crippen molar-refractivity contribution < 1.29 is 4.74 Å². The summed E-state index contributed by atoms with van der Waals surface area (Å²) in [6, 6.07) is 4.52. The summed E-state index contributed by atoms with van der Waals surface area (Å²) in [7, 11) is 5.30. The van der Waals surface area contributed by atoms with Gasteiger partial charge in [-0.2, -0.15) is 0 Å². The Balaban J connectivity index is 2.68. The molecule has 0 N–H and O–H groups in total. The molecular weight excluding hydrogens is 340 g/mol. The van der Waals surface area contributed by atoms with Crippen LogP contribution in [0, 0.1) is 0 Å². The molecule has 126 valence electrons. The van der Waals surface area contributed by atoms with Crippen molar-refractivity contribution in [1.29, 1.82) is 0 Å². The third-order valence-electron chi connectivity index (χ3n) is 3.88. The Morgan fingerprint density at radius 3 is 1.91 bits per heavy atom. The van der Waals surface area contributed by atoms with Gasteiger partial charge < -0.3 is 4.74 Å². The summed E-state index contributed by atoms with van der Waals surface area (Å²) in [5.74, 6) is 2.01. The number of rotatable bonds is 2. The van der Waals surface area contributed by atoms with E-state index in [1.807, 2.05) is 10.8 Å². The van der Waals surface area contributed by atoms with Crippen LogP contribution in [0.25, 0.3) is 6.08 Å². The molecule has 23 heavy (non-hydrogen) atoms. The summed E-state index contributed by atoms with van der Waals surface area (Å²) >= 11 is 5.45. The summed E-state index contributed by atoms with van der Waals surface area (Å²) in [5.41, 5.74) is 5.05. The van der Waals surface area contributed by atoms with Gasteiger partial charge in [-0.1, -0.05) is 64.6 Å². The molecule has 0 atom stereocenters. The molecule has 1 nitrogen and oxygen atoms in total. The zero-order valence-electron chi connectivity index (χ0n) is 15.1. The Labute approximate surface area is 154 Å². The van der Waals surface area contributed by atoms with Crippen molar-refractivity contribution in [2.45, 2.75) is 52.4 Å². The number of benzene rings is 1. The standard InChI is InChI=1S/C19H26OS3/c1-18(2,3)14-9-12(8-13-11-22-23-17(13)21)10-15(16(14)20-7)19(4,5)6/h8-10H,11H2,1-7H3/b13-8+. The molecule has 0 aliphatic carbocycles. The van der Waals surface area contributed by atoms with Gasteiger partial charge in [0.1, 0.15) is 5.75 Å². The van der Waals surface area contributed by atoms with E-state index in [9.17, 15) is 0 Å². The maximum Gasteiger partial charge on any atom is 0.126 e. The monoisotopic (exact) mass is 366 g/mol. The molecule has 1 aromatic carbocycles. The second-order valence-corrected chi connectivity index (χ2v) is 10.9. The number of hydrogen-bond donors (Lipinski definition) is 0. The van der Waals surface area contributed by atoms with Gasteiger partial charge >= 0.3 is 0 Å². The van der Waals surface area contributed by atoms with Crippen molar-refractivity contribution in [3.63, 3.8) is 0 Å². The Morgan fingerprint density at radius 1 is 1.04 bits per heavy atom. The van der Waals surface area contributed by atoms with Crippen molar-refractivity contribution in [2.75, 3.05) is 12.9 Å². The van der Waals surface area contributed by atoms with Crippen LogP contribution in [0.4, 0.5) is 0 Å². The summed E-state index contributed by atoms with van der Waals surface area (Å²) in [5, 5.41) is 0. The van der Waals surface area contributed by atoms with E-state index in [0.717, 1.165) is 15.7 Å².